The molecule has 0 aliphatic carbocycles. The van der Waals surface area contributed by atoms with E-state index in [1.165, 1.54) is 25.3 Å². The van der Waals surface area contributed by atoms with Crippen LogP contribution in [-0.4, -0.2) is 32.8 Å². The lowest BCUT2D eigenvalue weighted by Crippen LogP contribution is -2.38. The van der Waals surface area contributed by atoms with Crippen LogP contribution in [-0.2, 0) is 11.2 Å². The zero-order valence-electron chi connectivity index (χ0n) is 12.2. The predicted octanol–water partition coefficient (Wildman–Crippen LogP) is 1.78. The molecular formula is C15H16FN3O3. The Bertz CT molecular complexity index is 695. The summed E-state index contributed by atoms with van der Waals surface area (Å²) < 4.78 is 14.5. The number of aromatic nitrogens is 2. The first-order valence-electron chi connectivity index (χ1n) is 6.80. The molecule has 7 heteroatoms. The number of hydrogen-bond acceptors (Lipinski definition) is 3. The summed E-state index contributed by atoms with van der Waals surface area (Å²) in [5.74, 6) is -1.97. The summed E-state index contributed by atoms with van der Waals surface area (Å²) >= 11 is 0. The second-order valence-electron chi connectivity index (χ2n) is 4.78. The van der Waals surface area contributed by atoms with E-state index < -0.39 is 17.9 Å². The minimum Gasteiger partial charge on any atom is -0.480 e. The van der Waals surface area contributed by atoms with Crippen LogP contribution in [0.5, 0.6) is 0 Å². The monoisotopic (exact) mass is 305 g/mol. The summed E-state index contributed by atoms with van der Waals surface area (Å²) in [6, 6.07) is 4.74. The van der Waals surface area contributed by atoms with Gasteiger partial charge in [0.15, 0.2) is 0 Å². The average Bonchev–Trinajstić information content (AvgIpc) is 2.91. The molecule has 0 saturated carbocycles. The van der Waals surface area contributed by atoms with E-state index >= 15 is 0 Å². The fourth-order valence-electron chi connectivity index (χ4n) is 2.04. The van der Waals surface area contributed by atoms with Gasteiger partial charge in [0.2, 0.25) is 0 Å². The number of halogens is 1. The number of nitrogens with zero attached hydrogens (tertiary/aromatic N) is 2. The van der Waals surface area contributed by atoms with Crippen LogP contribution in [0.2, 0.25) is 0 Å². The molecule has 0 bridgehead atoms. The number of carboxylic acid groups (broad SMARTS) is 1. The van der Waals surface area contributed by atoms with Crippen molar-refractivity contribution in [3.05, 3.63) is 47.5 Å². The molecule has 0 saturated heterocycles. The summed E-state index contributed by atoms with van der Waals surface area (Å²) in [7, 11) is 0. The van der Waals surface area contributed by atoms with Crippen molar-refractivity contribution in [1.82, 2.24) is 15.1 Å². The molecule has 1 aromatic heterocycles. The molecule has 0 spiro atoms. The molecule has 0 aliphatic heterocycles. The molecule has 116 valence electrons. The lowest BCUT2D eigenvalue weighted by Gasteiger charge is -2.10. The van der Waals surface area contributed by atoms with Gasteiger partial charge in [-0.1, -0.05) is 6.92 Å². The second kappa shape index (κ2) is 6.38. The highest BCUT2D eigenvalue weighted by atomic mass is 19.1. The summed E-state index contributed by atoms with van der Waals surface area (Å²) in [4.78, 5) is 23.0. The van der Waals surface area contributed by atoms with Crippen molar-refractivity contribution in [2.45, 2.75) is 26.3 Å². The molecule has 0 radical (unpaired) electrons. The number of carbonyl (C=O) groups excluding carboxylic acids is 1. The smallest absolute Gasteiger partial charge is 0.325 e. The van der Waals surface area contributed by atoms with Crippen molar-refractivity contribution in [3.8, 4) is 5.69 Å². The molecule has 1 aromatic carbocycles. The molecule has 0 aliphatic rings. The van der Waals surface area contributed by atoms with E-state index in [0.29, 0.717) is 23.4 Å². The Morgan fingerprint density at radius 3 is 2.55 bits per heavy atom. The van der Waals surface area contributed by atoms with Gasteiger partial charge in [-0.3, -0.25) is 9.59 Å². The van der Waals surface area contributed by atoms with Crippen molar-refractivity contribution in [2.24, 2.45) is 0 Å². The highest BCUT2D eigenvalue weighted by molar-refractivity contribution is 5.97. The van der Waals surface area contributed by atoms with Gasteiger partial charge in [0, 0.05) is 0 Å². The van der Waals surface area contributed by atoms with Gasteiger partial charge in [0.05, 0.1) is 23.1 Å². The largest absolute Gasteiger partial charge is 0.480 e. The first-order chi connectivity index (χ1) is 10.4. The first kappa shape index (κ1) is 15.7. The number of nitrogens with one attached hydrogen (secondary N) is 1. The summed E-state index contributed by atoms with van der Waals surface area (Å²) in [5, 5.41) is 15.4. The summed E-state index contributed by atoms with van der Waals surface area (Å²) in [6.45, 7) is 3.24. The highest BCUT2D eigenvalue weighted by Gasteiger charge is 2.20. The van der Waals surface area contributed by atoms with E-state index in [0.717, 1.165) is 0 Å². The fourth-order valence-corrected chi connectivity index (χ4v) is 2.04. The van der Waals surface area contributed by atoms with Crippen LogP contribution in [0, 0.1) is 5.82 Å². The Hall–Kier alpha value is -2.70. The molecule has 2 aromatic rings. The van der Waals surface area contributed by atoms with Crippen molar-refractivity contribution in [3.63, 3.8) is 0 Å². The van der Waals surface area contributed by atoms with Crippen LogP contribution in [0.15, 0.2) is 30.5 Å². The van der Waals surface area contributed by atoms with Gasteiger partial charge < -0.3 is 10.4 Å². The van der Waals surface area contributed by atoms with Gasteiger partial charge in [-0.05, 0) is 37.6 Å². The van der Waals surface area contributed by atoms with Gasteiger partial charge in [-0.25, -0.2) is 9.07 Å². The quantitative estimate of drug-likeness (QED) is 0.882. The Morgan fingerprint density at radius 1 is 1.36 bits per heavy atom. The number of aliphatic carboxylic acids is 1. The van der Waals surface area contributed by atoms with Crippen LogP contribution in [0.3, 0.4) is 0 Å². The van der Waals surface area contributed by atoms with Crippen molar-refractivity contribution < 1.29 is 19.1 Å². The molecule has 6 nitrogen and oxygen atoms in total. The molecule has 22 heavy (non-hydrogen) atoms. The van der Waals surface area contributed by atoms with Crippen LogP contribution in [0.4, 0.5) is 4.39 Å². The van der Waals surface area contributed by atoms with Crippen molar-refractivity contribution in [1.29, 1.82) is 0 Å². The predicted molar refractivity (Wildman–Crippen MR) is 77.5 cm³/mol. The van der Waals surface area contributed by atoms with Crippen LogP contribution in [0.1, 0.15) is 29.9 Å². The average molecular weight is 305 g/mol. The molecule has 0 fully saturated rings. The molecule has 1 heterocycles. The van der Waals surface area contributed by atoms with Gasteiger partial charge in [0.25, 0.3) is 5.91 Å². The van der Waals surface area contributed by atoms with Crippen LogP contribution >= 0.6 is 0 Å². The number of benzene rings is 1. The van der Waals surface area contributed by atoms with E-state index in [1.54, 1.807) is 16.8 Å². The highest BCUT2D eigenvalue weighted by Crippen LogP contribution is 2.16. The zero-order valence-corrected chi connectivity index (χ0v) is 12.2. The molecule has 0 unspecified atom stereocenters. The van der Waals surface area contributed by atoms with Crippen LogP contribution < -0.4 is 5.32 Å². The number of rotatable bonds is 5. The number of hydrogen-bond donors (Lipinski definition) is 2. The molecule has 2 rings (SSSR count). The number of amides is 1. The lowest BCUT2D eigenvalue weighted by atomic mass is 10.1. The maximum atomic E-state index is 13.0. The maximum Gasteiger partial charge on any atom is 0.325 e. The third kappa shape index (κ3) is 3.13. The Morgan fingerprint density at radius 2 is 2.00 bits per heavy atom. The molecule has 1 atom stereocenters. The fraction of sp³-hybridized carbons (Fsp3) is 0.267. The standard InChI is InChI=1S/C15H16FN3O3/c1-3-13-12(14(20)18-9(2)15(21)22)8-17-19(13)11-6-4-10(16)5-7-11/h4-9H,3H2,1-2H3,(H,18,20)(H,21,22)/t9-/m1/s1. The third-order valence-electron chi connectivity index (χ3n) is 3.24. The Labute approximate surface area is 126 Å². The molecule has 1 amide bonds. The summed E-state index contributed by atoms with van der Waals surface area (Å²) in [5.41, 5.74) is 1.56. The normalized spacial score (nSPS) is 12.0. The van der Waals surface area contributed by atoms with E-state index in [2.05, 4.69) is 10.4 Å². The minimum absolute atomic E-state index is 0.305. The van der Waals surface area contributed by atoms with Gasteiger partial charge in [-0.15, -0.1) is 0 Å². The van der Waals surface area contributed by atoms with E-state index in [-0.39, 0.29) is 5.82 Å². The molecular weight excluding hydrogens is 289 g/mol. The van der Waals surface area contributed by atoms with Crippen LogP contribution in [0.25, 0.3) is 5.69 Å². The third-order valence-corrected chi connectivity index (χ3v) is 3.24. The Balaban J connectivity index is 2.33. The maximum absolute atomic E-state index is 13.0. The van der Waals surface area contributed by atoms with E-state index in [1.807, 2.05) is 6.92 Å². The lowest BCUT2D eigenvalue weighted by molar-refractivity contribution is -0.138. The van der Waals surface area contributed by atoms with Crippen molar-refractivity contribution in [2.75, 3.05) is 0 Å². The topological polar surface area (TPSA) is 84.2 Å². The van der Waals surface area contributed by atoms with E-state index in [4.69, 9.17) is 5.11 Å². The minimum atomic E-state index is -1.11. The SMILES string of the molecule is CCc1c(C(=O)N[C@H](C)C(=O)O)cnn1-c1ccc(F)cc1. The first-order valence-corrected chi connectivity index (χ1v) is 6.80. The molecule has 2 N–H and O–H groups in total. The number of carboxylic acids is 1. The van der Waals surface area contributed by atoms with Gasteiger partial charge in [0.1, 0.15) is 11.9 Å². The Kier molecular flexibility index (Phi) is 4.55. The van der Waals surface area contributed by atoms with Gasteiger partial charge in [-0.2, -0.15) is 5.10 Å². The summed E-state index contributed by atoms with van der Waals surface area (Å²) in [6.07, 6.45) is 1.90. The zero-order chi connectivity index (χ0) is 16.3. The number of carbonyl (C=O) groups is 2. The van der Waals surface area contributed by atoms with Gasteiger partial charge >= 0.3 is 5.97 Å². The van der Waals surface area contributed by atoms with E-state index in [9.17, 15) is 14.0 Å². The second-order valence-corrected chi connectivity index (χ2v) is 4.78. The van der Waals surface area contributed by atoms with Crippen molar-refractivity contribution >= 4 is 11.9 Å².